The van der Waals surface area contributed by atoms with Gasteiger partial charge < -0.3 is 9.47 Å². The molecule has 0 aromatic rings. The van der Waals surface area contributed by atoms with Gasteiger partial charge in [0.05, 0.1) is 19.8 Å². The summed E-state index contributed by atoms with van der Waals surface area (Å²) in [5.41, 5.74) is -0.665. The highest BCUT2D eigenvalue weighted by Crippen LogP contribution is 2.29. The lowest BCUT2D eigenvalue weighted by Gasteiger charge is -2.05. The molecule has 0 spiro atoms. The maximum atomic E-state index is 12.1. The summed E-state index contributed by atoms with van der Waals surface area (Å²) in [5, 5.41) is -1.56. The van der Waals surface area contributed by atoms with Crippen molar-refractivity contribution in [2.45, 2.75) is 6.18 Å². The fourth-order valence-electron chi connectivity index (χ4n) is 0.682. The molecule has 0 saturated carbocycles. The van der Waals surface area contributed by atoms with Gasteiger partial charge >= 0.3 is 18.1 Å². The maximum Gasteiger partial charge on any atom is 0.426 e. The van der Waals surface area contributed by atoms with E-state index < -0.39 is 28.7 Å². The zero-order chi connectivity index (χ0) is 13.6. The van der Waals surface area contributed by atoms with Gasteiger partial charge in [-0.2, -0.15) is 13.2 Å². The van der Waals surface area contributed by atoms with Crippen LogP contribution < -0.4 is 0 Å². The normalized spacial score (nSPS) is 13.3. The largest absolute Gasteiger partial charge is 0.466 e. The van der Waals surface area contributed by atoms with Gasteiger partial charge in [-0.25, -0.2) is 9.59 Å². The molecule has 0 atom stereocenters. The summed E-state index contributed by atoms with van der Waals surface area (Å²) >= 11 is 4.91. The lowest BCUT2D eigenvalue weighted by Crippen LogP contribution is -2.11. The summed E-state index contributed by atoms with van der Waals surface area (Å²) in [4.78, 5) is 21.9. The predicted molar refractivity (Wildman–Crippen MR) is 52.1 cm³/mol. The molecule has 0 saturated heterocycles. The lowest BCUT2D eigenvalue weighted by molar-refractivity contribution is -0.138. The van der Waals surface area contributed by atoms with Crippen LogP contribution in [0, 0.1) is 0 Å². The van der Waals surface area contributed by atoms with Crippen molar-refractivity contribution in [2.75, 3.05) is 14.2 Å². The number of hydrogen-bond acceptors (Lipinski definition) is 4. The average Bonchev–Trinajstić information content (AvgIpc) is 2.25. The van der Waals surface area contributed by atoms with E-state index in [-0.39, 0.29) is 6.08 Å². The van der Waals surface area contributed by atoms with Crippen molar-refractivity contribution in [1.82, 2.24) is 0 Å². The fourth-order valence-corrected chi connectivity index (χ4v) is 0.799. The standard InChI is InChI=1S/C9H8ClF3O4/c1-16-7(14)4-5(8(15)17-2)3-6(10)9(11,12)13/h3-4H,1-2H3/b5-4+,6-3-. The van der Waals surface area contributed by atoms with Crippen LogP contribution in [0.25, 0.3) is 0 Å². The quantitative estimate of drug-likeness (QED) is 0.448. The minimum atomic E-state index is -4.81. The minimum Gasteiger partial charge on any atom is -0.466 e. The van der Waals surface area contributed by atoms with Crippen LogP contribution in [0.2, 0.25) is 0 Å². The van der Waals surface area contributed by atoms with Crippen molar-refractivity contribution in [3.8, 4) is 0 Å². The predicted octanol–water partition coefficient (Wildman–Crippen LogP) is 1.94. The van der Waals surface area contributed by atoms with Crippen molar-refractivity contribution in [3.63, 3.8) is 0 Å². The Bertz CT molecular complexity index is 371. The van der Waals surface area contributed by atoms with Gasteiger partial charge in [0.15, 0.2) is 0 Å². The monoisotopic (exact) mass is 272 g/mol. The van der Waals surface area contributed by atoms with Crippen LogP contribution in [0.5, 0.6) is 0 Å². The van der Waals surface area contributed by atoms with Gasteiger partial charge in [0.25, 0.3) is 0 Å². The van der Waals surface area contributed by atoms with Gasteiger partial charge in [0.2, 0.25) is 0 Å². The van der Waals surface area contributed by atoms with E-state index in [1.165, 1.54) is 0 Å². The number of hydrogen-bond donors (Lipinski definition) is 0. The Morgan fingerprint density at radius 1 is 1.12 bits per heavy atom. The first-order chi connectivity index (χ1) is 7.72. The van der Waals surface area contributed by atoms with Crippen LogP contribution in [-0.4, -0.2) is 32.3 Å². The third kappa shape index (κ3) is 5.39. The highest BCUT2D eigenvalue weighted by atomic mass is 35.5. The van der Waals surface area contributed by atoms with Gasteiger partial charge in [-0.3, -0.25) is 0 Å². The van der Waals surface area contributed by atoms with E-state index in [1.54, 1.807) is 0 Å². The molecule has 8 heteroatoms. The summed E-state index contributed by atoms with van der Waals surface area (Å²) in [5.74, 6) is -2.15. The van der Waals surface area contributed by atoms with E-state index in [4.69, 9.17) is 11.6 Å². The number of rotatable bonds is 3. The Hall–Kier alpha value is -1.50. The van der Waals surface area contributed by atoms with Gasteiger partial charge in [-0.15, -0.1) is 0 Å². The van der Waals surface area contributed by atoms with E-state index in [2.05, 4.69) is 9.47 Å². The Morgan fingerprint density at radius 2 is 1.65 bits per heavy atom. The summed E-state index contributed by atoms with van der Waals surface area (Å²) in [6, 6.07) is 0. The lowest BCUT2D eigenvalue weighted by atomic mass is 10.2. The number of carbonyl (C=O) groups excluding carboxylic acids is 2. The van der Waals surface area contributed by atoms with Crippen molar-refractivity contribution < 1.29 is 32.2 Å². The number of ether oxygens (including phenoxy) is 2. The molecule has 0 aliphatic rings. The Balaban J connectivity index is 5.30. The van der Waals surface area contributed by atoms with Gasteiger partial charge in [0.1, 0.15) is 5.03 Å². The fraction of sp³-hybridized carbons (Fsp3) is 0.333. The minimum absolute atomic E-state index is 0.282. The van der Waals surface area contributed by atoms with Crippen LogP contribution in [0.1, 0.15) is 0 Å². The number of allylic oxidation sites excluding steroid dienone is 1. The van der Waals surface area contributed by atoms with E-state index >= 15 is 0 Å². The Labute approximate surface area is 99.6 Å². The first-order valence-electron chi connectivity index (χ1n) is 4.04. The van der Waals surface area contributed by atoms with Crippen molar-refractivity contribution in [3.05, 3.63) is 22.8 Å². The van der Waals surface area contributed by atoms with Crippen LogP contribution in [-0.2, 0) is 19.1 Å². The molecule has 4 nitrogen and oxygen atoms in total. The molecule has 0 amide bonds. The van der Waals surface area contributed by atoms with E-state index in [0.29, 0.717) is 6.08 Å². The molecule has 0 radical (unpaired) electrons. The highest BCUT2D eigenvalue weighted by Gasteiger charge is 2.33. The van der Waals surface area contributed by atoms with Crippen LogP contribution in [0.4, 0.5) is 13.2 Å². The molecule has 0 fully saturated rings. The molecule has 0 rings (SSSR count). The summed E-state index contributed by atoms with van der Waals surface area (Å²) in [6.45, 7) is 0. The average molecular weight is 273 g/mol. The topological polar surface area (TPSA) is 52.6 Å². The molecule has 0 N–H and O–H groups in total. The third-order valence-corrected chi connectivity index (χ3v) is 1.77. The van der Waals surface area contributed by atoms with E-state index in [1.807, 2.05) is 0 Å². The maximum absolute atomic E-state index is 12.1. The molecular formula is C9H8ClF3O4. The second-order valence-corrected chi connectivity index (χ2v) is 3.01. The van der Waals surface area contributed by atoms with Crippen molar-refractivity contribution in [1.29, 1.82) is 0 Å². The van der Waals surface area contributed by atoms with E-state index in [0.717, 1.165) is 14.2 Å². The highest BCUT2D eigenvalue weighted by molar-refractivity contribution is 6.30. The molecule has 0 aliphatic heterocycles. The Morgan fingerprint density at radius 3 is 2.00 bits per heavy atom. The van der Waals surface area contributed by atoms with Gasteiger partial charge in [-0.1, -0.05) is 11.6 Å². The molecule has 0 bridgehead atoms. The number of esters is 2. The molecule has 17 heavy (non-hydrogen) atoms. The summed E-state index contributed by atoms with van der Waals surface area (Å²) in [7, 11) is 1.95. The van der Waals surface area contributed by atoms with Gasteiger partial charge in [-0.05, 0) is 6.08 Å². The molecule has 0 aromatic heterocycles. The molecule has 0 aliphatic carbocycles. The van der Waals surface area contributed by atoms with Crippen LogP contribution in [0.3, 0.4) is 0 Å². The van der Waals surface area contributed by atoms with Crippen molar-refractivity contribution >= 4 is 23.5 Å². The first kappa shape index (κ1) is 15.5. The zero-order valence-electron chi connectivity index (χ0n) is 8.80. The summed E-state index contributed by atoms with van der Waals surface area (Å²) < 4.78 is 44.7. The van der Waals surface area contributed by atoms with Crippen LogP contribution in [0.15, 0.2) is 22.8 Å². The van der Waals surface area contributed by atoms with E-state index in [9.17, 15) is 22.8 Å². The molecular weight excluding hydrogens is 265 g/mol. The Kier molecular flexibility index (Phi) is 5.73. The van der Waals surface area contributed by atoms with Crippen LogP contribution >= 0.6 is 11.6 Å². The number of alkyl halides is 3. The SMILES string of the molecule is COC(=O)/C=C(\C=C(/Cl)C(F)(F)F)C(=O)OC. The number of methoxy groups -OCH3 is 2. The molecule has 96 valence electrons. The second kappa shape index (κ2) is 6.29. The molecule has 0 unspecified atom stereocenters. The third-order valence-electron chi connectivity index (χ3n) is 1.45. The van der Waals surface area contributed by atoms with Crippen molar-refractivity contribution in [2.24, 2.45) is 0 Å². The number of carbonyl (C=O) groups is 2. The number of halogens is 4. The molecule has 0 heterocycles. The first-order valence-corrected chi connectivity index (χ1v) is 4.42. The second-order valence-electron chi connectivity index (χ2n) is 2.60. The summed E-state index contributed by atoms with van der Waals surface area (Å²) in [6.07, 6.45) is -3.99. The smallest absolute Gasteiger partial charge is 0.426 e. The molecule has 0 aromatic carbocycles. The van der Waals surface area contributed by atoms with Gasteiger partial charge in [0, 0.05) is 6.08 Å². The zero-order valence-corrected chi connectivity index (χ0v) is 9.56.